The summed E-state index contributed by atoms with van der Waals surface area (Å²) in [6.45, 7) is 2.01. The number of nitrogens with one attached hydrogen (secondary N) is 1. The zero-order valence-corrected chi connectivity index (χ0v) is 23.2. The molecule has 3 aromatic rings. The van der Waals surface area contributed by atoms with Gasteiger partial charge in [-0.05, 0) is 61.4 Å². The maximum atomic E-state index is 13.8. The lowest BCUT2D eigenvalue weighted by molar-refractivity contribution is -0.139. The number of amides is 2. The van der Waals surface area contributed by atoms with Gasteiger partial charge in [0.1, 0.15) is 17.7 Å². The number of rotatable bonds is 5. The lowest BCUT2D eigenvalue weighted by atomic mass is 9.90. The van der Waals surface area contributed by atoms with Crippen molar-refractivity contribution in [3.05, 3.63) is 88.4 Å². The number of halogens is 2. The third-order valence-corrected chi connectivity index (χ3v) is 8.21. The van der Waals surface area contributed by atoms with E-state index >= 15 is 0 Å². The van der Waals surface area contributed by atoms with Crippen LogP contribution in [0.2, 0.25) is 10.0 Å². The van der Waals surface area contributed by atoms with Crippen molar-refractivity contribution < 1.29 is 24.0 Å². The first kappa shape index (κ1) is 26.7. The molecule has 1 N–H and O–H groups in total. The zero-order valence-electron chi connectivity index (χ0n) is 21.7. The zero-order chi connectivity index (χ0) is 28.1. The third-order valence-electron chi connectivity index (χ3n) is 7.47. The van der Waals surface area contributed by atoms with Gasteiger partial charge in [-0.2, -0.15) is 0 Å². The predicted octanol–water partition coefficient (Wildman–Crippen LogP) is 4.55. The fourth-order valence-electron chi connectivity index (χ4n) is 5.59. The van der Waals surface area contributed by atoms with E-state index in [0.717, 1.165) is 10.5 Å². The Morgan fingerprint density at radius 2 is 1.68 bits per heavy atom. The van der Waals surface area contributed by atoms with E-state index < -0.39 is 29.9 Å². The van der Waals surface area contributed by atoms with Crippen molar-refractivity contribution in [3.63, 3.8) is 0 Å². The summed E-state index contributed by atoms with van der Waals surface area (Å²) in [7, 11) is 1.81. The number of likely N-dealkylation sites (N-methyl/N-ethyl adjacent to an activating group) is 1. The Bertz CT molecular complexity index is 1470. The van der Waals surface area contributed by atoms with E-state index in [4.69, 9.17) is 32.8 Å². The second-order valence-electron chi connectivity index (χ2n) is 10.2. The van der Waals surface area contributed by atoms with Gasteiger partial charge >= 0.3 is 5.97 Å². The van der Waals surface area contributed by atoms with E-state index in [0.29, 0.717) is 28.6 Å². The predicted molar refractivity (Wildman–Crippen MR) is 150 cm³/mol. The van der Waals surface area contributed by atoms with Crippen molar-refractivity contribution in [2.24, 2.45) is 5.92 Å². The van der Waals surface area contributed by atoms with E-state index in [1.807, 2.05) is 44.3 Å². The van der Waals surface area contributed by atoms with Crippen LogP contribution in [-0.4, -0.2) is 48.0 Å². The molecule has 0 aromatic heterocycles. The molecule has 6 rings (SSSR count). The van der Waals surface area contributed by atoms with Gasteiger partial charge in [-0.15, -0.1) is 0 Å². The van der Waals surface area contributed by atoms with Crippen LogP contribution in [-0.2, 0) is 19.2 Å². The molecule has 0 bridgehead atoms. The Morgan fingerprint density at radius 3 is 2.33 bits per heavy atom. The number of hydrogen-bond acceptors (Lipinski definition) is 8. The molecule has 3 aromatic carbocycles. The maximum absolute atomic E-state index is 13.8. The molecule has 9 nitrogen and oxygen atoms in total. The molecule has 0 radical (unpaired) electrons. The quantitative estimate of drug-likeness (QED) is 0.267. The Balaban J connectivity index is 1.30. The van der Waals surface area contributed by atoms with E-state index in [-0.39, 0.29) is 23.1 Å². The maximum Gasteiger partial charge on any atom is 0.330 e. The lowest BCUT2D eigenvalue weighted by Crippen LogP contribution is -2.41. The van der Waals surface area contributed by atoms with Gasteiger partial charge in [-0.25, -0.2) is 19.8 Å². The normalized spacial score (nSPS) is 26.4. The standard InChI is InChI=1S/C29H26Cl2N4O5/c1-16-14-23(33(2)32-16)29(38)39-20-11-8-17(9-12-20)25-24-26(40-35(25)18-6-4-3-5-7-18)28(37)34(27(24)36)19-10-13-21(30)22(31)15-19/h3-13,15-16,23-26,32H,14H2,1-2H3. The second kappa shape index (κ2) is 10.5. The van der Waals surface area contributed by atoms with Crippen molar-refractivity contribution in [2.75, 3.05) is 17.0 Å². The number of ether oxygens (including phenoxy) is 1. The van der Waals surface area contributed by atoms with E-state index in [1.54, 1.807) is 46.5 Å². The average Bonchev–Trinajstić information content (AvgIpc) is 3.58. The molecule has 5 unspecified atom stereocenters. The molecule has 3 aliphatic rings. The summed E-state index contributed by atoms with van der Waals surface area (Å²) in [6.07, 6.45) is -0.384. The number of hydrogen-bond donors (Lipinski definition) is 1. The highest BCUT2D eigenvalue weighted by atomic mass is 35.5. The van der Waals surface area contributed by atoms with Crippen LogP contribution in [0.3, 0.4) is 0 Å². The van der Waals surface area contributed by atoms with Crippen molar-refractivity contribution in [1.82, 2.24) is 10.4 Å². The molecular weight excluding hydrogens is 555 g/mol. The van der Waals surface area contributed by atoms with Gasteiger partial charge in [0, 0.05) is 13.1 Å². The third kappa shape index (κ3) is 4.63. The van der Waals surface area contributed by atoms with E-state index in [1.165, 1.54) is 6.07 Å². The lowest BCUT2D eigenvalue weighted by Gasteiger charge is -2.29. The summed E-state index contributed by atoms with van der Waals surface area (Å²) in [5.41, 5.74) is 4.94. The monoisotopic (exact) mass is 580 g/mol. The Labute approximate surface area is 241 Å². The van der Waals surface area contributed by atoms with Crippen molar-refractivity contribution >= 4 is 52.4 Å². The minimum absolute atomic E-state index is 0.180. The summed E-state index contributed by atoms with van der Waals surface area (Å²) < 4.78 is 5.65. The molecule has 11 heteroatoms. The van der Waals surface area contributed by atoms with Crippen LogP contribution in [0, 0.1) is 5.92 Å². The molecule has 2 amide bonds. The SMILES string of the molecule is CC1CC(C(=O)Oc2ccc(C3C4C(=O)N(c5ccc(Cl)c(Cl)c5)C(=O)C4ON3c3ccccc3)cc2)N(C)N1. The van der Waals surface area contributed by atoms with Crippen LogP contribution in [0.5, 0.6) is 5.75 Å². The number of hydrazine groups is 1. The van der Waals surface area contributed by atoms with Gasteiger partial charge in [0.05, 0.1) is 27.5 Å². The number of esters is 1. The number of carbonyl (C=O) groups excluding carboxylic acids is 3. The number of para-hydroxylation sites is 1. The number of fused-ring (bicyclic) bond motifs is 1. The first-order valence-corrected chi connectivity index (χ1v) is 13.6. The fourth-order valence-corrected chi connectivity index (χ4v) is 5.88. The van der Waals surface area contributed by atoms with Crippen molar-refractivity contribution in [1.29, 1.82) is 0 Å². The van der Waals surface area contributed by atoms with Gasteiger partial charge in [0.15, 0.2) is 6.10 Å². The minimum Gasteiger partial charge on any atom is -0.425 e. The first-order valence-electron chi connectivity index (χ1n) is 12.9. The largest absolute Gasteiger partial charge is 0.425 e. The van der Waals surface area contributed by atoms with Crippen LogP contribution in [0.1, 0.15) is 24.9 Å². The fraction of sp³-hybridized carbons (Fsp3) is 0.276. The number of benzene rings is 3. The van der Waals surface area contributed by atoms with Crippen LogP contribution in [0.25, 0.3) is 0 Å². The molecule has 5 atom stereocenters. The number of nitrogens with zero attached hydrogens (tertiary/aromatic N) is 3. The van der Waals surface area contributed by atoms with E-state index in [2.05, 4.69) is 5.43 Å². The molecule has 40 heavy (non-hydrogen) atoms. The average molecular weight is 581 g/mol. The summed E-state index contributed by atoms with van der Waals surface area (Å²) >= 11 is 12.2. The van der Waals surface area contributed by atoms with Crippen LogP contribution < -0.4 is 20.1 Å². The Hall–Kier alpha value is -3.47. The molecule has 3 aliphatic heterocycles. The van der Waals surface area contributed by atoms with Gasteiger partial charge < -0.3 is 4.74 Å². The molecule has 206 valence electrons. The number of hydroxylamine groups is 1. The van der Waals surface area contributed by atoms with Crippen molar-refractivity contribution in [2.45, 2.75) is 37.6 Å². The van der Waals surface area contributed by atoms with Gasteiger partial charge in [-0.1, -0.05) is 53.5 Å². The number of imide groups is 1. The van der Waals surface area contributed by atoms with Crippen molar-refractivity contribution in [3.8, 4) is 5.75 Å². The van der Waals surface area contributed by atoms with Crippen LogP contribution in [0.4, 0.5) is 11.4 Å². The van der Waals surface area contributed by atoms with Gasteiger partial charge in [0.25, 0.3) is 5.91 Å². The highest BCUT2D eigenvalue weighted by Gasteiger charge is 2.60. The molecule has 3 saturated heterocycles. The molecule has 3 heterocycles. The first-order chi connectivity index (χ1) is 19.2. The van der Waals surface area contributed by atoms with Gasteiger partial charge in [0.2, 0.25) is 5.91 Å². The Morgan fingerprint density at radius 1 is 0.950 bits per heavy atom. The summed E-state index contributed by atoms with van der Waals surface area (Å²) in [4.78, 5) is 47.4. The molecule has 0 aliphatic carbocycles. The van der Waals surface area contributed by atoms with Crippen LogP contribution >= 0.6 is 23.2 Å². The molecular formula is C29H26Cl2N4O5. The minimum atomic E-state index is -1.03. The molecule has 0 spiro atoms. The highest BCUT2D eigenvalue weighted by molar-refractivity contribution is 6.42. The number of carbonyl (C=O) groups is 3. The molecule has 3 fully saturated rings. The summed E-state index contributed by atoms with van der Waals surface area (Å²) in [5, 5.41) is 3.93. The van der Waals surface area contributed by atoms with Gasteiger partial charge in [-0.3, -0.25) is 19.9 Å². The summed E-state index contributed by atoms with van der Waals surface area (Å²) in [6, 6.07) is 20.0. The molecule has 0 saturated carbocycles. The second-order valence-corrected chi connectivity index (χ2v) is 11.0. The topological polar surface area (TPSA) is 91.4 Å². The highest BCUT2D eigenvalue weighted by Crippen LogP contribution is 2.48. The Kier molecular flexibility index (Phi) is 7.02. The van der Waals surface area contributed by atoms with E-state index in [9.17, 15) is 14.4 Å². The summed E-state index contributed by atoms with van der Waals surface area (Å²) in [5.74, 6) is -1.68. The smallest absolute Gasteiger partial charge is 0.330 e. The number of anilines is 2. The van der Waals surface area contributed by atoms with Crippen LogP contribution in [0.15, 0.2) is 72.8 Å².